The van der Waals surface area contributed by atoms with E-state index in [4.69, 9.17) is 0 Å². The first-order chi connectivity index (χ1) is 9.65. The number of aromatic nitrogens is 2. The molecule has 2 heterocycles. The van der Waals surface area contributed by atoms with Crippen LogP contribution in [0.2, 0.25) is 0 Å². The van der Waals surface area contributed by atoms with Crippen molar-refractivity contribution in [2.75, 3.05) is 18.0 Å². The van der Waals surface area contributed by atoms with E-state index in [1.807, 2.05) is 0 Å². The standard InChI is InChI=1S/C15H21N3O2/c1-10-6-8-18(9-7-10)15-16-12-5-3-2-4-11(12)13(17-15)14(19)20/h10H,2-9H2,1H3,(H,19,20). The molecule has 108 valence electrons. The predicted molar refractivity (Wildman–Crippen MR) is 76.2 cm³/mol. The summed E-state index contributed by atoms with van der Waals surface area (Å²) in [5.74, 6) is 0.440. The average molecular weight is 275 g/mol. The third-order valence-electron chi connectivity index (χ3n) is 4.44. The molecule has 0 bridgehead atoms. The molecule has 1 saturated heterocycles. The average Bonchev–Trinajstić information content (AvgIpc) is 2.46. The number of hydrogen-bond donors (Lipinski definition) is 1. The first-order valence-electron chi connectivity index (χ1n) is 7.53. The minimum Gasteiger partial charge on any atom is -0.476 e. The van der Waals surface area contributed by atoms with Crippen molar-refractivity contribution in [2.45, 2.75) is 45.4 Å². The number of piperidine rings is 1. The van der Waals surface area contributed by atoms with Gasteiger partial charge in [-0.15, -0.1) is 0 Å². The van der Waals surface area contributed by atoms with E-state index in [2.05, 4.69) is 21.8 Å². The van der Waals surface area contributed by atoms with Crippen molar-refractivity contribution in [3.63, 3.8) is 0 Å². The van der Waals surface area contributed by atoms with E-state index in [0.717, 1.165) is 68.8 Å². The number of rotatable bonds is 2. The van der Waals surface area contributed by atoms with E-state index in [0.29, 0.717) is 5.95 Å². The molecule has 1 aromatic heterocycles. The first kappa shape index (κ1) is 13.3. The lowest BCUT2D eigenvalue weighted by Gasteiger charge is -2.31. The minimum atomic E-state index is -0.919. The predicted octanol–water partition coefficient (Wildman–Crippen LogP) is 2.29. The summed E-state index contributed by atoms with van der Waals surface area (Å²) in [7, 11) is 0. The molecule has 0 atom stereocenters. The molecule has 1 fully saturated rings. The smallest absolute Gasteiger partial charge is 0.354 e. The molecule has 0 aromatic carbocycles. The fraction of sp³-hybridized carbons (Fsp3) is 0.667. The molecule has 2 aliphatic rings. The summed E-state index contributed by atoms with van der Waals surface area (Å²) >= 11 is 0. The molecule has 1 N–H and O–H groups in total. The Balaban J connectivity index is 1.95. The lowest BCUT2D eigenvalue weighted by atomic mass is 9.94. The number of carbonyl (C=O) groups is 1. The summed E-state index contributed by atoms with van der Waals surface area (Å²) in [6.07, 6.45) is 6.08. The van der Waals surface area contributed by atoms with Crippen LogP contribution in [0.5, 0.6) is 0 Å². The maximum atomic E-state index is 11.5. The van der Waals surface area contributed by atoms with Gasteiger partial charge in [-0.05, 0) is 44.4 Å². The third-order valence-corrected chi connectivity index (χ3v) is 4.44. The molecule has 1 aromatic rings. The Morgan fingerprint density at radius 1 is 1.20 bits per heavy atom. The largest absolute Gasteiger partial charge is 0.476 e. The van der Waals surface area contributed by atoms with Gasteiger partial charge < -0.3 is 10.0 Å². The number of carboxylic acids is 1. The monoisotopic (exact) mass is 275 g/mol. The summed E-state index contributed by atoms with van der Waals surface area (Å²) < 4.78 is 0. The van der Waals surface area contributed by atoms with Crippen LogP contribution in [0.15, 0.2) is 0 Å². The summed E-state index contributed by atoms with van der Waals surface area (Å²) in [5, 5.41) is 9.40. The second-order valence-electron chi connectivity index (χ2n) is 5.98. The Morgan fingerprint density at radius 3 is 2.60 bits per heavy atom. The molecular formula is C15H21N3O2. The van der Waals surface area contributed by atoms with Crippen molar-refractivity contribution in [3.8, 4) is 0 Å². The van der Waals surface area contributed by atoms with Crippen molar-refractivity contribution < 1.29 is 9.90 Å². The first-order valence-corrected chi connectivity index (χ1v) is 7.53. The summed E-state index contributed by atoms with van der Waals surface area (Å²) in [4.78, 5) is 22.6. The lowest BCUT2D eigenvalue weighted by molar-refractivity contribution is 0.0688. The van der Waals surface area contributed by atoms with Crippen molar-refractivity contribution in [3.05, 3.63) is 17.0 Å². The van der Waals surface area contributed by atoms with Crippen LogP contribution in [0, 0.1) is 5.92 Å². The van der Waals surface area contributed by atoms with Gasteiger partial charge >= 0.3 is 5.97 Å². The van der Waals surface area contributed by atoms with Gasteiger partial charge in [-0.2, -0.15) is 0 Å². The highest BCUT2D eigenvalue weighted by molar-refractivity contribution is 5.87. The maximum Gasteiger partial charge on any atom is 0.354 e. The Kier molecular flexibility index (Phi) is 3.59. The van der Waals surface area contributed by atoms with Gasteiger partial charge in [0.1, 0.15) is 0 Å². The molecule has 20 heavy (non-hydrogen) atoms. The SMILES string of the molecule is CC1CCN(c2nc3c(c(C(=O)O)n2)CCCC3)CC1. The van der Waals surface area contributed by atoms with Crippen LogP contribution in [0.1, 0.15) is 54.4 Å². The zero-order valence-corrected chi connectivity index (χ0v) is 11.9. The molecule has 1 aliphatic heterocycles. The lowest BCUT2D eigenvalue weighted by Crippen LogP contribution is -2.35. The molecule has 0 unspecified atom stereocenters. The third kappa shape index (κ3) is 2.49. The van der Waals surface area contributed by atoms with E-state index in [-0.39, 0.29) is 5.69 Å². The van der Waals surface area contributed by atoms with Crippen LogP contribution >= 0.6 is 0 Å². The Morgan fingerprint density at radius 2 is 1.90 bits per heavy atom. The Bertz CT molecular complexity index is 522. The quantitative estimate of drug-likeness (QED) is 0.897. The second-order valence-corrected chi connectivity index (χ2v) is 5.98. The van der Waals surface area contributed by atoms with E-state index in [1.165, 1.54) is 0 Å². The fourth-order valence-corrected chi connectivity index (χ4v) is 3.11. The van der Waals surface area contributed by atoms with Gasteiger partial charge in [0, 0.05) is 18.7 Å². The maximum absolute atomic E-state index is 11.5. The molecule has 5 nitrogen and oxygen atoms in total. The molecule has 3 rings (SSSR count). The van der Waals surface area contributed by atoms with Gasteiger partial charge in [0.2, 0.25) is 5.95 Å². The number of carboxylic acid groups (broad SMARTS) is 1. The zero-order chi connectivity index (χ0) is 14.1. The van der Waals surface area contributed by atoms with E-state index >= 15 is 0 Å². The molecule has 0 amide bonds. The van der Waals surface area contributed by atoms with Crippen molar-refractivity contribution in [1.29, 1.82) is 0 Å². The molecule has 0 saturated carbocycles. The number of hydrogen-bond acceptors (Lipinski definition) is 4. The number of aryl methyl sites for hydroxylation is 1. The van der Waals surface area contributed by atoms with Crippen LogP contribution in [0.25, 0.3) is 0 Å². The van der Waals surface area contributed by atoms with E-state index < -0.39 is 5.97 Å². The van der Waals surface area contributed by atoms with Crippen LogP contribution < -0.4 is 4.90 Å². The molecule has 1 aliphatic carbocycles. The highest BCUT2D eigenvalue weighted by Gasteiger charge is 2.25. The van der Waals surface area contributed by atoms with Crippen LogP contribution in [0.4, 0.5) is 5.95 Å². The molecule has 5 heteroatoms. The summed E-state index contributed by atoms with van der Waals surface area (Å²) in [5.41, 5.74) is 2.04. The van der Waals surface area contributed by atoms with Gasteiger partial charge in [0.05, 0.1) is 5.69 Å². The number of nitrogens with zero attached hydrogens (tertiary/aromatic N) is 3. The highest BCUT2D eigenvalue weighted by Crippen LogP contribution is 2.26. The van der Waals surface area contributed by atoms with E-state index in [1.54, 1.807) is 0 Å². The van der Waals surface area contributed by atoms with Crippen LogP contribution in [0.3, 0.4) is 0 Å². The van der Waals surface area contributed by atoms with Gasteiger partial charge in [0.25, 0.3) is 0 Å². The number of fused-ring (bicyclic) bond motifs is 1. The fourth-order valence-electron chi connectivity index (χ4n) is 3.11. The molecular weight excluding hydrogens is 254 g/mol. The Labute approximate surface area is 119 Å². The van der Waals surface area contributed by atoms with Crippen molar-refractivity contribution in [2.24, 2.45) is 5.92 Å². The highest BCUT2D eigenvalue weighted by atomic mass is 16.4. The van der Waals surface area contributed by atoms with Gasteiger partial charge in [0.15, 0.2) is 5.69 Å². The second kappa shape index (κ2) is 5.38. The number of anilines is 1. The van der Waals surface area contributed by atoms with Crippen molar-refractivity contribution >= 4 is 11.9 Å². The normalized spacial score (nSPS) is 19.8. The number of aromatic carboxylic acids is 1. The topological polar surface area (TPSA) is 66.3 Å². The van der Waals surface area contributed by atoms with E-state index in [9.17, 15) is 9.90 Å². The Hall–Kier alpha value is -1.65. The van der Waals surface area contributed by atoms with Crippen LogP contribution in [-0.4, -0.2) is 34.1 Å². The summed E-state index contributed by atoms with van der Waals surface area (Å²) in [6.45, 7) is 4.12. The van der Waals surface area contributed by atoms with Gasteiger partial charge in [-0.1, -0.05) is 6.92 Å². The van der Waals surface area contributed by atoms with Crippen molar-refractivity contribution in [1.82, 2.24) is 9.97 Å². The minimum absolute atomic E-state index is 0.225. The summed E-state index contributed by atoms with van der Waals surface area (Å²) in [6, 6.07) is 0. The molecule has 0 radical (unpaired) electrons. The van der Waals surface area contributed by atoms with Crippen LogP contribution in [-0.2, 0) is 12.8 Å². The van der Waals surface area contributed by atoms with Gasteiger partial charge in [-0.3, -0.25) is 0 Å². The zero-order valence-electron chi connectivity index (χ0n) is 11.9. The van der Waals surface area contributed by atoms with Gasteiger partial charge in [-0.25, -0.2) is 14.8 Å². The molecule has 0 spiro atoms.